The Balaban J connectivity index is 2.64. The lowest BCUT2D eigenvalue weighted by Gasteiger charge is -2.26. The van der Waals surface area contributed by atoms with Crippen molar-refractivity contribution in [2.24, 2.45) is 5.92 Å². The van der Waals surface area contributed by atoms with Gasteiger partial charge in [0.25, 0.3) is 0 Å². The number of rotatable bonds is 10. The number of anilines is 1. The summed E-state index contributed by atoms with van der Waals surface area (Å²) >= 11 is 0. The lowest BCUT2D eigenvalue weighted by Crippen LogP contribution is -2.35. The second-order valence-corrected chi connectivity index (χ2v) is 6.20. The molecule has 1 N–H and O–H groups in total. The van der Waals surface area contributed by atoms with Crippen molar-refractivity contribution in [3.05, 3.63) is 17.8 Å². The highest BCUT2D eigenvalue weighted by Gasteiger charge is 2.11. The van der Waals surface area contributed by atoms with Crippen LogP contribution in [0.25, 0.3) is 0 Å². The smallest absolute Gasteiger partial charge is 0.151 e. The molecule has 1 heterocycles. The number of likely N-dealkylation sites (N-methyl/N-ethyl adjacent to an activating group) is 1. The van der Waals surface area contributed by atoms with E-state index in [1.807, 2.05) is 0 Å². The van der Waals surface area contributed by atoms with Crippen LogP contribution in [0.3, 0.4) is 0 Å². The number of nitrogens with zero attached hydrogens (tertiary/aromatic N) is 4. The summed E-state index contributed by atoms with van der Waals surface area (Å²) in [7, 11) is 4.20. The van der Waals surface area contributed by atoms with Gasteiger partial charge in [0.1, 0.15) is 0 Å². The lowest BCUT2D eigenvalue weighted by atomic mass is 10.2. The van der Waals surface area contributed by atoms with Crippen LogP contribution in [0, 0.1) is 5.92 Å². The molecule has 0 aliphatic heterocycles. The third-order valence-electron chi connectivity index (χ3n) is 3.17. The Hall–Kier alpha value is -1.20. The summed E-state index contributed by atoms with van der Waals surface area (Å²) in [6, 6.07) is 4.17. The van der Waals surface area contributed by atoms with Crippen LogP contribution in [-0.4, -0.2) is 55.4 Å². The van der Waals surface area contributed by atoms with Gasteiger partial charge in [-0.05, 0) is 45.1 Å². The van der Waals surface area contributed by atoms with Gasteiger partial charge in [-0.3, -0.25) is 0 Å². The average Bonchev–Trinajstić information content (AvgIpc) is 2.44. The molecule has 0 fully saturated rings. The molecule has 21 heavy (non-hydrogen) atoms. The molecular weight excluding hydrogens is 262 g/mol. The Morgan fingerprint density at radius 2 is 1.90 bits per heavy atom. The summed E-state index contributed by atoms with van der Waals surface area (Å²) in [5, 5.41) is 12.1. The third-order valence-corrected chi connectivity index (χ3v) is 3.17. The van der Waals surface area contributed by atoms with E-state index in [1.54, 1.807) is 0 Å². The summed E-state index contributed by atoms with van der Waals surface area (Å²) in [6.07, 6.45) is 1.14. The first-order chi connectivity index (χ1) is 10.0. The largest absolute Gasteiger partial charge is 0.354 e. The molecular formula is C16H31N5. The van der Waals surface area contributed by atoms with E-state index in [0.717, 1.165) is 50.7 Å². The fourth-order valence-electron chi connectivity index (χ4n) is 2.07. The van der Waals surface area contributed by atoms with Crippen molar-refractivity contribution < 1.29 is 0 Å². The minimum Gasteiger partial charge on any atom is -0.354 e. The predicted molar refractivity (Wildman–Crippen MR) is 89.6 cm³/mol. The van der Waals surface area contributed by atoms with Crippen molar-refractivity contribution in [1.29, 1.82) is 0 Å². The van der Waals surface area contributed by atoms with Gasteiger partial charge in [0.2, 0.25) is 0 Å². The first-order valence-corrected chi connectivity index (χ1v) is 7.96. The van der Waals surface area contributed by atoms with E-state index >= 15 is 0 Å². The molecule has 0 spiro atoms. The van der Waals surface area contributed by atoms with Gasteiger partial charge in [0.05, 0.1) is 5.69 Å². The molecule has 0 bridgehead atoms. The maximum absolute atomic E-state index is 4.41. The van der Waals surface area contributed by atoms with Gasteiger partial charge in [-0.1, -0.05) is 20.8 Å². The van der Waals surface area contributed by atoms with E-state index in [-0.39, 0.29) is 0 Å². The summed E-state index contributed by atoms with van der Waals surface area (Å²) in [4.78, 5) is 4.52. The van der Waals surface area contributed by atoms with Crippen molar-refractivity contribution in [1.82, 2.24) is 20.4 Å². The van der Waals surface area contributed by atoms with Crippen molar-refractivity contribution >= 4 is 5.82 Å². The highest BCUT2D eigenvalue weighted by Crippen LogP contribution is 2.12. The van der Waals surface area contributed by atoms with Gasteiger partial charge < -0.3 is 15.1 Å². The van der Waals surface area contributed by atoms with Crippen LogP contribution in [0.1, 0.15) is 32.9 Å². The van der Waals surface area contributed by atoms with Crippen LogP contribution in [0.4, 0.5) is 5.82 Å². The molecule has 1 rings (SSSR count). The quantitative estimate of drug-likeness (QED) is 0.669. The zero-order chi connectivity index (χ0) is 15.7. The fraction of sp³-hybridized carbons (Fsp3) is 0.750. The highest BCUT2D eigenvalue weighted by atomic mass is 15.3. The van der Waals surface area contributed by atoms with Crippen molar-refractivity contribution in [2.45, 2.75) is 33.7 Å². The van der Waals surface area contributed by atoms with Gasteiger partial charge >= 0.3 is 0 Å². The summed E-state index contributed by atoms with van der Waals surface area (Å²) in [5.41, 5.74) is 1.00. The molecule has 0 saturated heterocycles. The van der Waals surface area contributed by atoms with Crippen LogP contribution in [0.5, 0.6) is 0 Å². The van der Waals surface area contributed by atoms with E-state index in [9.17, 15) is 0 Å². The SMILES string of the molecule is CCCNCc1ccc(N(CCN(C)C)CC(C)C)nn1. The van der Waals surface area contributed by atoms with Crippen molar-refractivity contribution in [2.75, 3.05) is 45.2 Å². The van der Waals surface area contributed by atoms with Crippen LogP contribution in [-0.2, 0) is 6.54 Å². The molecule has 1 aromatic heterocycles. The highest BCUT2D eigenvalue weighted by molar-refractivity contribution is 5.37. The van der Waals surface area contributed by atoms with Crippen LogP contribution < -0.4 is 10.2 Å². The molecule has 0 unspecified atom stereocenters. The number of aromatic nitrogens is 2. The first kappa shape index (κ1) is 17.9. The molecule has 0 radical (unpaired) electrons. The zero-order valence-corrected chi connectivity index (χ0v) is 14.3. The second kappa shape index (κ2) is 9.68. The maximum atomic E-state index is 4.41. The molecule has 0 saturated carbocycles. The zero-order valence-electron chi connectivity index (χ0n) is 14.3. The van der Waals surface area contributed by atoms with Gasteiger partial charge in [-0.15, -0.1) is 5.10 Å². The van der Waals surface area contributed by atoms with E-state index < -0.39 is 0 Å². The molecule has 0 aliphatic rings. The molecule has 5 heteroatoms. The standard InChI is InChI=1S/C16H31N5/c1-6-9-17-12-15-7-8-16(19-18-15)21(13-14(2)3)11-10-20(4)5/h7-8,14,17H,6,9-13H2,1-5H3. The first-order valence-electron chi connectivity index (χ1n) is 7.96. The molecule has 0 amide bonds. The van der Waals surface area contributed by atoms with Crippen LogP contribution in [0.15, 0.2) is 12.1 Å². The monoisotopic (exact) mass is 293 g/mol. The Bertz CT molecular complexity index is 375. The summed E-state index contributed by atoms with van der Waals surface area (Å²) in [6.45, 7) is 11.5. The molecule has 0 aromatic carbocycles. The molecule has 5 nitrogen and oxygen atoms in total. The Morgan fingerprint density at radius 3 is 2.43 bits per heavy atom. The minimum atomic E-state index is 0.611. The molecule has 0 atom stereocenters. The van der Waals surface area contributed by atoms with Crippen LogP contribution >= 0.6 is 0 Å². The van der Waals surface area contributed by atoms with Gasteiger partial charge in [-0.25, -0.2) is 0 Å². The normalized spacial score (nSPS) is 11.4. The Kier molecular flexibility index (Phi) is 8.23. The van der Waals surface area contributed by atoms with Gasteiger partial charge in [-0.2, -0.15) is 5.10 Å². The van der Waals surface area contributed by atoms with Crippen molar-refractivity contribution in [3.8, 4) is 0 Å². The topological polar surface area (TPSA) is 44.3 Å². The van der Waals surface area contributed by atoms with Gasteiger partial charge in [0.15, 0.2) is 5.82 Å². The average molecular weight is 293 g/mol. The van der Waals surface area contributed by atoms with E-state index in [1.165, 1.54) is 0 Å². The van der Waals surface area contributed by atoms with E-state index in [4.69, 9.17) is 0 Å². The minimum absolute atomic E-state index is 0.611. The van der Waals surface area contributed by atoms with Gasteiger partial charge in [0, 0.05) is 26.2 Å². The number of hydrogen-bond acceptors (Lipinski definition) is 5. The Labute approximate surface area is 129 Å². The third kappa shape index (κ3) is 7.39. The van der Waals surface area contributed by atoms with E-state index in [0.29, 0.717) is 5.92 Å². The predicted octanol–water partition coefficient (Wildman–Crippen LogP) is 2.00. The maximum Gasteiger partial charge on any atom is 0.151 e. The van der Waals surface area contributed by atoms with E-state index in [2.05, 4.69) is 72.3 Å². The lowest BCUT2D eigenvalue weighted by molar-refractivity contribution is 0.408. The Morgan fingerprint density at radius 1 is 1.14 bits per heavy atom. The summed E-state index contributed by atoms with van der Waals surface area (Å²) in [5.74, 6) is 1.59. The fourth-order valence-corrected chi connectivity index (χ4v) is 2.07. The second-order valence-electron chi connectivity index (χ2n) is 6.20. The van der Waals surface area contributed by atoms with Crippen LogP contribution in [0.2, 0.25) is 0 Å². The molecule has 0 aliphatic carbocycles. The van der Waals surface area contributed by atoms with Crippen molar-refractivity contribution in [3.63, 3.8) is 0 Å². The number of nitrogens with one attached hydrogen (secondary N) is 1. The number of hydrogen-bond donors (Lipinski definition) is 1. The molecule has 1 aromatic rings. The summed E-state index contributed by atoms with van der Waals surface area (Å²) < 4.78 is 0. The molecule has 120 valence electrons.